The third-order valence-electron chi connectivity index (χ3n) is 4.40. The molecule has 2 aliphatic rings. The van der Waals surface area contributed by atoms with Crippen molar-refractivity contribution in [3.8, 4) is 0 Å². The molecular weight excluding hydrogens is 334 g/mol. The van der Waals surface area contributed by atoms with Crippen LogP contribution in [0.1, 0.15) is 46.6 Å². The Balaban J connectivity index is 1.74. The molecule has 1 aromatic carbocycles. The molecule has 0 bridgehead atoms. The van der Waals surface area contributed by atoms with E-state index >= 15 is 0 Å². The fourth-order valence-electron chi connectivity index (χ4n) is 3.29. The van der Waals surface area contributed by atoms with Gasteiger partial charge in [-0.25, -0.2) is 4.79 Å². The maximum absolute atomic E-state index is 12.5. The average molecular weight is 363 g/mol. The molecule has 0 unspecified atom stereocenters. The van der Waals surface area contributed by atoms with E-state index in [9.17, 15) is 4.79 Å². The molecule has 1 aromatic rings. The number of benzene rings is 1. The summed E-state index contributed by atoms with van der Waals surface area (Å²) in [6.07, 6.45) is -0.261. The summed E-state index contributed by atoms with van der Waals surface area (Å²) in [7, 11) is 0. The van der Waals surface area contributed by atoms with Crippen LogP contribution in [0.15, 0.2) is 30.3 Å². The van der Waals surface area contributed by atoms with E-state index < -0.39 is 17.5 Å². The highest BCUT2D eigenvalue weighted by molar-refractivity contribution is 5.75. The molecule has 6 heteroatoms. The summed E-state index contributed by atoms with van der Waals surface area (Å²) in [6.45, 7) is 10.4. The predicted octanol–water partition coefficient (Wildman–Crippen LogP) is 3.05. The second-order valence-electron chi connectivity index (χ2n) is 8.36. The lowest BCUT2D eigenvalue weighted by Gasteiger charge is -2.27. The smallest absolute Gasteiger partial charge is 0.337 e. The van der Waals surface area contributed by atoms with Crippen LogP contribution in [0.4, 0.5) is 0 Å². The fourth-order valence-corrected chi connectivity index (χ4v) is 3.29. The second kappa shape index (κ2) is 7.27. The van der Waals surface area contributed by atoms with Gasteiger partial charge in [0.15, 0.2) is 11.9 Å². The fraction of sp³-hybridized carbons (Fsp3) is 0.650. The van der Waals surface area contributed by atoms with Gasteiger partial charge in [0.2, 0.25) is 0 Å². The Morgan fingerprint density at radius 1 is 1.27 bits per heavy atom. The second-order valence-corrected chi connectivity index (χ2v) is 8.36. The van der Waals surface area contributed by atoms with Crippen LogP contribution in [-0.4, -0.2) is 47.3 Å². The van der Waals surface area contributed by atoms with Gasteiger partial charge in [-0.1, -0.05) is 30.3 Å². The van der Waals surface area contributed by atoms with Crippen molar-refractivity contribution in [1.82, 2.24) is 5.06 Å². The van der Waals surface area contributed by atoms with E-state index in [0.717, 1.165) is 5.56 Å². The summed E-state index contributed by atoms with van der Waals surface area (Å²) < 4.78 is 17.3. The zero-order valence-corrected chi connectivity index (χ0v) is 16.2. The van der Waals surface area contributed by atoms with Crippen molar-refractivity contribution >= 4 is 5.97 Å². The summed E-state index contributed by atoms with van der Waals surface area (Å²) in [5.41, 5.74) is 0.568. The van der Waals surface area contributed by atoms with E-state index in [0.29, 0.717) is 19.6 Å². The highest BCUT2D eigenvalue weighted by atomic mass is 16.8. The number of rotatable bonds is 4. The van der Waals surface area contributed by atoms with Gasteiger partial charge in [-0.3, -0.25) is 4.84 Å². The van der Waals surface area contributed by atoms with E-state index in [1.807, 2.05) is 70.0 Å². The maximum Gasteiger partial charge on any atom is 0.337 e. The predicted molar refractivity (Wildman–Crippen MR) is 96.0 cm³/mol. The van der Waals surface area contributed by atoms with Gasteiger partial charge >= 0.3 is 5.97 Å². The van der Waals surface area contributed by atoms with Crippen molar-refractivity contribution in [2.24, 2.45) is 0 Å². The van der Waals surface area contributed by atoms with E-state index in [1.165, 1.54) is 0 Å². The Hall–Kier alpha value is -1.47. The number of nitrogens with zero attached hydrogens (tertiary/aromatic N) is 1. The highest BCUT2D eigenvalue weighted by Crippen LogP contribution is 2.34. The molecule has 3 rings (SSSR count). The molecular formula is C20H29NO5. The summed E-state index contributed by atoms with van der Waals surface area (Å²) >= 11 is 0. The lowest BCUT2D eigenvalue weighted by Crippen LogP contribution is -2.40. The first-order valence-corrected chi connectivity index (χ1v) is 9.15. The van der Waals surface area contributed by atoms with Crippen LogP contribution >= 0.6 is 0 Å². The van der Waals surface area contributed by atoms with Gasteiger partial charge in [-0.05, 0) is 40.2 Å². The molecule has 0 N–H and O–H groups in total. The van der Waals surface area contributed by atoms with Gasteiger partial charge in [-0.15, -0.1) is 0 Å². The molecule has 0 spiro atoms. The first-order chi connectivity index (χ1) is 12.1. The topological polar surface area (TPSA) is 57.2 Å². The van der Waals surface area contributed by atoms with E-state index in [4.69, 9.17) is 19.0 Å². The lowest BCUT2D eigenvalue weighted by atomic mass is 10.0. The Kier molecular flexibility index (Phi) is 5.40. The quantitative estimate of drug-likeness (QED) is 0.767. The highest BCUT2D eigenvalue weighted by Gasteiger charge is 2.47. The first-order valence-electron chi connectivity index (χ1n) is 9.15. The third-order valence-corrected chi connectivity index (χ3v) is 4.40. The van der Waals surface area contributed by atoms with Crippen LogP contribution in [0.3, 0.4) is 0 Å². The van der Waals surface area contributed by atoms with Crippen molar-refractivity contribution in [3.63, 3.8) is 0 Å². The van der Waals surface area contributed by atoms with E-state index in [1.54, 1.807) is 0 Å². The molecule has 2 saturated heterocycles. The number of esters is 1. The molecule has 2 fully saturated rings. The lowest BCUT2D eigenvalue weighted by molar-refractivity contribution is -0.210. The van der Waals surface area contributed by atoms with Crippen molar-refractivity contribution in [2.45, 2.75) is 77.2 Å². The van der Waals surface area contributed by atoms with Crippen molar-refractivity contribution in [2.75, 3.05) is 6.61 Å². The molecule has 6 nitrogen and oxygen atoms in total. The van der Waals surface area contributed by atoms with Gasteiger partial charge in [0, 0.05) is 13.0 Å². The molecule has 3 atom stereocenters. The molecule has 26 heavy (non-hydrogen) atoms. The number of carbonyl (C=O) groups excluding carboxylic acids is 1. The molecule has 2 aliphatic heterocycles. The van der Waals surface area contributed by atoms with E-state index in [-0.39, 0.29) is 18.1 Å². The Labute approximate surface area is 155 Å². The maximum atomic E-state index is 12.5. The van der Waals surface area contributed by atoms with Crippen LogP contribution in [0, 0.1) is 0 Å². The van der Waals surface area contributed by atoms with Crippen LogP contribution in [-0.2, 0) is 30.4 Å². The largest absolute Gasteiger partial charge is 0.458 e. The van der Waals surface area contributed by atoms with Crippen LogP contribution < -0.4 is 0 Å². The summed E-state index contributed by atoms with van der Waals surface area (Å²) in [4.78, 5) is 18.5. The van der Waals surface area contributed by atoms with Crippen molar-refractivity contribution in [1.29, 1.82) is 0 Å². The average Bonchev–Trinajstić information content (AvgIpc) is 3.10. The summed E-state index contributed by atoms with van der Waals surface area (Å²) in [5, 5.41) is 1.85. The molecule has 144 valence electrons. The van der Waals surface area contributed by atoms with Crippen molar-refractivity contribution in [3.05, 3.63) is 35.9 Å². The molecule has 0 radical (unpaired) electrons. The third kappa shape index (κ3) is 4.82. The number of carbonyl (C=O) groups is 1. The van der Waals surface area contributed by atoms with Crippen LogP contribution in [0.5, 0.6) is 0 Å². The monoisotopic (exact) mass is 363 g/mol. The zero-order valence-electron chi connectivity index (χ0n) is 16.2. The van der Waals surface area contributed by atoms with Crippen LogP contribution in [0.2, 0.25) is 0 Å². The Bertz CT molecular complexity index is 625. The molecule has 0 amide bonds. The Morgan fingerprint density at radius 2 is 1.96 bits per heavy atom. The molecule has 0 aromatic heterocycles. The zero-order chi connectivity index (χ0) is 18.9. The number of hydroxylamine groups is 2. The van der Waals surface area contributed by atoms with Gasteiger partial charge in [0.25, 0.3) is 0 Å². The Morgan fingerprint density at radius 3 is 2.54 bits per heavy atom. The minimum absolute atomic E-state index is 0.0745. The van der Waals surface area contributed by atoms with E-state index in [2.05, 4.69) is 0 Å². The minimum atomic E-state index is -0.629. The standard InChI is InChI=1S/C20H29NO5/c1-19(2,3)25-18(22)16-11-15(17-13-23-20(4,5)24-17)21(26-16)12-14-9-7-6-8-10-14/h6-10,15-17H,11-13H2,1-5H3/t15-,16-,17-/m1/s1. The molecule has 0 saturated carbocycles. The molecule has 2 heterocycles. The first kappa shape index (κ1) is 19.3. The number of hydrogen-bond donors (Lipinski definition) is 0. The number of hydrogen-bond acceptors (Lipinski definition) is 6. The van der Waals surface area contributed by atoms with Gasteiger partial charge in [0.1, 0.15) is 11.7 Å². The SMILES string of the molecule is CC(C)(C)OC(=O)[C@H]1C[C@H]([C@H]2COC(C)(C)O2)N(Cc2ccccc2)O1. The number of ether oxygens (including phenoxy) is 3. The normalized spacial score (nSPS) is 29.0. The van der Waals surface area contributed by atoms with Crippen LogP contribution in [0.25, 0.3) is 0 Å². The van der Waals surface area contributed by atoms with Gasteiger partial charge in [0.05, 0.1) is 12.6 Å². The molecule has 0 aliphatic carbocycles. The summed E-state index contributed by atoms with van der Waals surface area (Å²) in [6, 6.07) is 9.96. The van der Waals surface area contributed by atoms with Gasteiger partial charge in [-0.2, -0.15) is 5.06 Å². The summed E-state index contributed by atoms with van der Waals surface area (Å²) in [5.74, 6) is -0.955. The minimum Gasteiger partial charge on any atom is -0.458 e. The van der Waals surface area contributed by atoms with Crippen molar-refractivity contribution < 1.29 is 23.8 Å². The van der Waals surface area contributed by atoms with Gasteiger partial charge < -0.3 is 14.2 Å².